The molecule has 198 valence electrons. The molecule has 0 radical (unpaired) electrons. The molecule has 9 nitrogen and oxygen atoms in total. The zero-order chi connectivity index (χ0) is 27.0. The number of aliphatic carboxylic acids is 1. The highest BCUT2D eigenvalue weighted by Crippen LogP contribution is 2.41. The minimum absolute atomic E-state index is 0.0909. The van der Waals surface area contributed by atoms with Crippen LogP contribution in [0.4, 0.5) is 8.78 Å². The number of ether oxygens (including phenoxy) is 1. The lowest BCUT2D eigenvalue weighted by molar-refractivity contribution is -0.139. The Bertz CT molecular complexity index is 1470. The summed E-state index contributed by atoms with van der Waals surface area (Å²) in [7, 11) is 0. The maximum absolute atomic E-state index is 14.5. The molecule has 13 heteroatoms. The first kappa shape index (κ1) is 26.0. The van der Waals surface area contributed by atoms with Crippen LogP contribution in [0, 0.1) is 17.6 Å². The Morgan fingerprint density at radius 3 is 2.87 bits per heavy atom. The van der Waals surface area contributed by atoms with Crippen molar-refractivity contribution < 1.29 is 28.2 Å². The van der Waals surface area contributed by atoms with E-state index in [9.17, 15) is 18.4 Å². The van der Waals surface area contributed by atoms with E-state index >= 15 is 0 Å². The van der Waals surface area contributed by atoms with Crippen molar-refractivity contribution in [1.82, 2.24) is 20.1 Å². The largest absolute Gasteiger partial charge is 0.480 e. The molecule has 0 saturated carbocycles. The van der Waals surface area contributed by atoms with Gasteiger partial charge < -0.3 is 15.2 Å². The number of nitrogens with one attached hydrogen (secondary N) is 1. The molecule has 38 heavy (non-hydrogen) atoms. The predicted molar refractivity (Wildman–Crippen MR) is 135 cm³/mol. The molecule has 1 aliphatic heterocycles. The van der Waals surface area contributed by atoms with Crippen molar-refractivity contribution in [2.24, 2.45) is 10.9 Å². The third-order valence-electron chi connectivity index (χ3n) is 6.39. The van der Waals surface area contributed by atoms with Crippen LogP contribution in [-0.4, -0.2) is 44.3 Å². The number of carboxylic acid groups (broad SMARTS) is 1. The molecule has 1 aromatic carbocycles. The fourth-order valence-corrected chi connectivity index (χ4v) is 5.62. The highest BCUT2D eigenvalue weighted by Gasteiger charge is 2.38. The lowest BCUT2D eigenvalue weighted by Gasteiger charge is -2.33. The van der Waals surface area contributed by atoms with Gasteiger partial charge in [0.2, 0.25) is 0 Å². The summed E-state index contributed by atoms with van der Waals surface area (Å²) in [6, 6.07) is 1.18. The fourth-order valence-electron chi connectivity index (χ4n) is 4.77. The summed E-state index contributed by atoms with van der Waals surface area (Å²) in [5, 5.41) is 18.6. The van der Waals surface area contributed by atoms with Gasteiger partial charge in [0.1, 0.15) is 12.6 Å². The lowest BCUT2D eigenvalue weighted by atomic mass is 9.81. The highest BCUT2D eigenvalue weighted by molar-refractivity contribution is 7.11. The van der Waals surface area contributed by atoms with Crippen molar-refractivity contribution in [2.45, 2.75) is 38.8 Å². The Kier molecular flexibility index (Phi) is 7.26. The predicted octanol–water partition coefficient (Wildman–Crippen LogP) is 4.07. The van der Waals surface area contributed by atoms with E-state index in [2.05, 4.69) is 20.4 Å². The van der Waals surface area contributed by atoms with Crippen LogP contribution in [0.25, 0.3) is 0 Å². The zero-order valence-corrected chi connectivity index (χ0v) is 21.7. The van der Waals surface area contributed by atoms with Gasteiger partial charge in [0.05, 0.1) is 22.9 Å². The van der Waals surface area contributed by atoms with Crippen LogP contribution < -0.4 is 5.32 Å². The second-order valence-corrected chi connectivity index (χ2v) is 10.1. The summed E-state index contributed by atoms with van der Waals surface area (Å²) in [4.78, 5) is 33.5. The third kappa shape index (κ3) is 4.93. The lowest BCUT2D eigenvalue weighted by Crippen LogP contribution is -2.38. The molecule has 2 atom stereocenters. The minimum atomic E-state index is -1.23. The van der Waals surface area contributed by atoms with Crippen molar-refractivity contribution in [2.75, 3.05) is 6.61 Å². The van der Waals surface area contributed by atoms with Gasteiger partial charge >= 0.3 is 11.9 Å². The molecule has 2 aliphatic rings. The molecule has 0 amide bonds. The molecule has 0 spiro atoms. The number of esters is 1. The number of aromatic nitrogens is 3. The molecule has 3 heterocycles. The minimum Gasteiger partial charge on any atom is -0.480 e. The Hall–Kier alpha value is -3.64. The molecule has 5 rings (SSSR count). The topological polar surface area (TPSA) is 119 Å². The van der Waals surface area contributed by atoms with E-state index in [-0.39, 0.29) is 30.2 Å². The van der Waals surface area contributed by atoms with Crippen LogP contribution in [-0.2, 0) is 33.7 Å². The van der Waals surface area contributed by atoms with Crippen LogP contribution in [0.2, 0.25) is 5.02 Å². The average molecular weight is 562 g/mol. The summed E-state index contributed by atoms with van der Waals surface area (Å²) in [5.74, 6) is -3.88. The summed E-state index contributed by atoms with van der Waals surface area (Å²) in [5.41, 5.74) is 2.44. The number of amidine groups is 1. The number of benzene rings is 1. The number of rotatable bonds is 7. The number of aryl methyl sites for hydroxylation is 1. The van der Waals surface area contributed by atoms with Crippen molar-refractivity contribution in [1.29, 1.82) is 0 Å². The van der Waals surface area contributed by atoms with Crippen molar-refractivity contribution in [3.63, 3.8) is 0 Å². The number of carboxylic acids is 1. The molecule has 2 aromatic heterocycles. The van der Waals surface area contributed by atoms with Crippen LogP contribution in [0.3, 0.4) is 0 Å². The van der Waals surface area contributed by atoms with Crippen LogP contribution in [0.15, 0.2) is 46.2 Å². The van der Waals surface area contributed by atoms with Crippen LogP contribution in [0.5, 0.6) is 0 Å². The molecule has 2 N–H and O–H groups in total. The first-order valence-corrected chi connectivity index (χ1v) is 13.1. The standard InChI is InChI=1S/C25H22ClF2N5O4S/c1-2-37-25(36)18-21(12-3-6-16-13(9-12)10-33(32-16)11-17(34)35)30-23(24-29-7-8-38-24)31-22(18)14-4-5-15(27)20(28)19(14)26/h4-5,7-8,10,12,22H,2-3,6,9,11H2,1H3,(H,30,31)(H,34,35). The maximum Gasteiger partial charge on any atom is 0.338 e. The smallest absolute Gasteiger partial charge is 0.338 e. The van der Waals surface area contributed by atoms with Gasteiger partial charge in [-0.15, -0.1) is 11.3 Å². The van der Waals surface area contributed by atoms with Crippen molar-refractivity contribution >= 4 is 40.7 Å². The van der Waals surface area contributed by atoms with E-state index < -0.39 is 34.6 Å². The first-order chi connectivity index (χ1) is 18.3. The number of halogens is 3. The second-order valence-electron chi connectivity index (χ2n) is 8.79. The van der Waals surface area contributed by atoms with E-state index in [0.29, 0.717) is 35.8 Å². The molecule has 3 aromatic rings. The molecular weight excluding hydrogens is 540 g/mol. The van der Waals surface area contributed by atoms with Gasteiger partial charge in [-0.25, -0.2) is 18.6 Å². The molecule has 0 fully saturated rings. The Morgan fingerprint density at radius 1 is 1.34 bits per heavy atom. The molecular formula is C25H22ClF2N5O4S. The van der Waals surface area contributed by atoms with E-state index in [1.807, 2.05) is 0 Å². The number of carbonyl (C=O) groups excluding carboxylic acids is 1. The number of hydrogen-bond acceptors (Lipinski definition) is 8. The number of carbonyl (C=O) groups is 2. The van der Waals surface area contributed by atoms with E-state index in [4.69, 9.17) is 21.4 Å². The highest BCUT2D eigenvalue weighted by atomic mass is 35.5. The SMILES string of the molecule is CCOC(=O)C1=C(C2CCc3nn(CC(=O)O)cc3C2)NC(c2nccs2)=NC1c1ccc(F)c(F)c1Cl. The number of hydrogen-bond donors (Lipinski definition) is 2. The molecule has 0 bridgehead atoms. The summed E-state index contributed by atoms with van der Waals surface area (Å²) >= 11 is 7.57. The van der Waals surface area contributed by atoms with Crippen LogP contribution >= 0.6 is 22.9 Å². The van der Waals surface area contributed by atoms with Gasteiger partial charge in [0, 0.05) is 35.0 Å². The fraction of sp³-hybridized carbons (Fsp3) is 0.320. The van der Waals surface area contributed by atoms with Gasteiger partial charge in [-0.3, -0.25) is 14.5 Å². The monoisotopic (exact) mass is 561 g/mol. The Morgan fingerprint density at radius 2 is 2.16 bits per heavy atom. The molecule has 2 unspecified atom stereocenters. The number of thiazole rings is 1. The summed E-state index contributed by atoms with van der Waals surface area (Å²) in [6.45, 7) is 1.50. The quantitative estimate of drug-likeness (QED) is 0.330. The summed E-state index contributed by atoms with van der Waals surface area (Å²) < 4.78 is 35.2. The molecule has 0 saturated heterocycles. The molecule has 1 aliphatic carbocycles. The van der Waals surface area contributed by atoms with E-state index in [1.165, 1.54) is 22.1 Å². The van der Waals surface area contributed by atoms with E-state index in [0.717, 1.165) is 17.3 Å². The summed E-state index contributed by atoms with van der Waals surface area (Å²) in [6.07, 6.45) is 4.91. The average Bonchev–Trinajstić information content (AvgIpc) is 3.56. The van der Waals surface area contributed by atoms with E-state index in [1.54, 1.807) is 24.7 Å². The van der Waals surface area contributed by atoms with Gasteiger partial charge in [-0.1, -0.05) is 17.7 Å². The zero-order valence-electron chi connectivity index (χ0n) is 20.1. The Balaban J connectivity index is 1.63. The van der Waals surface area contributed by atoms with Gasteiger partial charge in [-0.2, -0.15) is 5.10 Å². The second kappa shape index (κ2) is 10.6. The van der Waals surface area contributed by atoms with Crippen LogP contribution in [0.1, 0.15) is 41.2 Å². The van der Waals surface area contributed by atoms with Crippen molar-refractivity contribution in [3.8, 4) is 0 Å². The number of fused-ring (bicyclic) bond motifs is 1. The van der Waals surface area contributed by atoms with Gasteiger partial charge in [0.25, 0.3) is 0 Å². The van der Waals surface area contributed by atoms with Crippen molar-refractivity contribution in [3.05, 3.63) is 79.7 Å². The number of aliphatic imine (C=N–C) groups is 1. The van der Waals surface area contributed by atoms with Gasteiger partial charge in [-0.05, 0) is 37.8 Å². The maximum atomic E-state index is 14.5. The van der Waals surface area contributed by atoms with Gasteiger partial charge in [0.15, 0.2) is 22.5 Å². The number of nitrogens with zero attached hydrogens (tertiary/aromatic N) is 4. The third-order valence-corrected chi connectivity index (χ3v) is 7.55. The first-order valence-electron chi connectivity index (χ1n) is 11.8. The normalized spacial score (nSPS) is 19.0. The number of allylic oxidation sites excluding steroid dienone is 1. The Labute approximate surface area is 224 Å².